The van der Waals surface area contributed by atoms with Crippen molar-refractivity contribution < 1.29 is 10.2 Å². The zero-order valence-corrected chi connectivity index (χ0v) is 14.2. The van der Waals surface area contributed by atoms with Gasteiger partial charge in [-0.15, -0.1) is 5.10 Å². The van der Waals surface area contributed by atoms with Gasteiger partial charge in [-0.3, -0.25) is 0 Å². The molecule has 5 nitrogen and oxygen atoms in total. The molecule has 0 aliphatic carbocycles. The van der Waals surface area contributed by atoms with E-state index >= 15 is 0 Å². The van der Waals surface area contributed by atoms with Crippen molar-refractivity contribution in [2.24, 2.45) is 0 Å². The van der Waals surface area contributed by atoms with E-state index in [1.54, 1.807) is 16.9 Å². The lowest BCUT2D eigenvalue weighted by Gasteiger charge is -2.11. The number of benzene rings is 2. The fraction of sp³-hybridized carbons (Fsp3) is 0.222. The molecule has 3 rings (SSSR count). The fourth-order valence-corrected chi connectivity index (χ4v) is 2.66. The Labute approximate surface area is 145 Å². The van der Waals surface area contributed by atoms with Crippen LogP contribution in [0.15, 0.2) is 42.6 Å². The quantitative estimate of drug-likeness (QED) is 0.745. The molecule has 0 saturated carbocycles. The Morgan fingerprint density at radius 1 is 1.08 bits per heavy atom. The molecule has 1 heterocycles. The molecule has 0 unspecified atom stereocenters. The van der Waals surface area contributed by atoms with Crippen molar-refractivity contribution in [3.8, 4) is 22.8 Å². The van der Waals surface area contributed by atoms with E-state index in [1.807, 2.05) is 38.1 Å². The Bertz CT molecular complexity index is 857. The van der Waals surface area contributed by atoms with Crippen LogP contribution < -0.4 is 0 Å². The first kappa shape index (κ1) is 16.3. The molecule has 0 aliphatic rings. The third kappa shape index (κ3) is 3.36. The van der Waals surface area contributed by atoms with Gasteiger partial charge in [0.05, 0.1) is 12.7 Å². The average molecular weight is 344 g/mol. The zero-order valence-electron chi connectivity index (χ0n) is 13.4. The second kappa shape index (κ2) is 6.53. The summed E-state index contributed by atoms with van der Waals surface area (Å²) in [5.74, 6) is 0.198. The van der Waals surface area contributed by atoms with Gasteiger partial charge in [0.15, 0.2) is 0 Å². The van der Waals surface area contributed by atoms with Crippen molar-refractivity contribution in [2.45, 2.75) is 26.3 Å². The van der Waals surface area contributed by atoms with Gasteiger partial charge >= 0.3 is 0 Å². The van der Waals surface area contributed by atoms with Gasteiger partial charge in [0.2, 0.25) is 0 Å². The van der Waals surface area contributed by atoms with Crippen molar-refractivity contribution in [1.29, 1.82) is 0 Å². The zero-order chi connectivity index (χ0) is 17.3. The lowest BCUT2D eigenvalue weighted by atomic mass is 9.98. The van der Waals surface area contributed by atoms with Gasteiger partial charge in [0.25, 0.3) is 0 Å². The molecule has 1 aromatic heterocycles. The van der Waals surface area contributed by atoms with Gasteiger partial charge < -0.3 is 10.2 Å². The molecule has 2 N–H and O–H groups in total. The first-order valence-corrected chi connectivity index (χ1v) is 8.02. The summed E-state index contributed by atoms with van der Waals surface area (Å²) >= 11 is 5.89. The molecule has 0 atom stereocenters. The van der Waals surface area contributed by atoms with E-state index in [0.29, 0.717) is 22.8 Å². The van der Waals surface area contributed by atoms with Crippen LogP contribution in [0.25, 0.3) is 11.3 Å². The Hall–Kier alpha value is -2.53. The predicted molar refractivity (Wildman–Crippen MR) is 93.4 cm³/mol. The molecular weight excluding hydrogens is 326 g/mol. The predicted octanol–water partition coefficient (Wildman–Crippen LogP) is 4.18. The number of phenolic OH excluding ortho intramolecular Hbond substituents is 2. The van der Waals surface area contributed by atoms with Gasteiger partial charge in [-0.1, -0.05) is 42.8 Å². The van der Waals surface area contributed by atoms with Gasteiger partial charge in [-0.2, -0.15) is 0 Å². The van der Waals surface area contributed by atoms with Crippen LogP contribution in [0.1, 0.15) is 30.9 Å². The Balaban J connectivity index is 1.90. The number of phenols is 2. The van der Waals surface area contributed by atoms with Gasteiger partial charge in [-0.25, -0.2) is 4.68 Å². The van der Waals surface area contributed by atoms with Crippen LogP contribution >= 0.6 is 11.6 Å². The fourth-order valence-electron chi connectivity index (χ4n) is 2.54. The van der Waals surface area contributed by atoms with Gasteiger partial charge in [-0.05, 0) is 35.2 Å². The third-order valence-corrected chi connectivity index (χ3v) is 4.09. The molecular formula is C18H18ClN3O2. The monoisotopic (exact) mass is 343 g/mol. The minimum atomic E-state index is -0.0181. The minimum absolute atomic E-state index is 0.0181. The average Bonchev–Trinajstić information content (AvgIpc) is 2.97. The summed E-state index contributed by atoms with van der Waals surface area (Å²) < 4.78 is 1.69. The molecule has 6 heteroatoms. The van der Waals surface area contributed by atoms with Crippen LogP contribution in [0.2, 0.25) is 5.02 Å². The largest absolute Gasteiger partial charge is 0.508 e. The summed E-state index contributed by atoms with van der Waals surface area (Å²) in [4.78, 5) is 0. The van der Waals surface area contributed by atoms with Crippen molar-refractivity contribution in [3.63, 3.8) is 0 Å². The van der Waals surface area contributed by atoms with Crippen molar-refractivity contribution in [3.05, 3.63) is 58.7 Å². The molecule has 3 aromatic rings. The van der Waals surface area contributed by atoms with Crippen molar-refractivity contribution >= 4 is 11.6 Å². The van der Waals surface area contributed by atoms with Crippen LogP contribution in [0, 0.1) is 0 Å². The molecule has 0 bridgehead atoms. The smallest absolute Gasteiger partial charge is 0.128 e. The summed E-state index contributed by atoms with van der Waals surface area (Å²) in [7, 11) is 0. The molecule has 2 aromatic carbocycles. The van der Waals surface area contributed by atoms with E-state index in [0.717, 1.165) is 11.1 Å². The number of rotatable bonds is 4. The normalized spacial score (nSPS) is 11.2. The van der Waals surface area contributed by atoms with Crippen LogP contribution in [0.5, 0.6) is 11.5 Å². The van der Waals surface area contributed by atoms with Crippen molar-refractivity contribution in [2.75, 3.05) is 0 Å². The third-order valence-electron chi connectivity index (χ3n) is 3.84. The number of nitrogens with zero attached hydrogens (tertiary/aromatic N) is 3. The SMILES string of the molecule is CC(C)c1cc(-c2cn(Cc3ccc(Cl)cc3)nn2)c(O)cc1O. The minimum Gasteiger partial charge on any atom is -0.508 e. The highest BCUT2D eigenvalue weighted by Crippen LogP contribution is 2.36. The Morgan fingerprint density at radius 3 is 2.46 bits per heavy atom. The number of aromatic nitrogens is 3. The van der Waals surface area contributed by atoms with E-state index in [2.05, 4.69) is 10.3 Å². The summed E-state index contributed by atoms with van der Waals surface area (Å²) in [5.41, 5.74) is 2.92. The van der Waals surface area contributed by atoms with E-state index in [4.69, 9.17) is 11.6 Å². The summed E-state index contributed by atoms with van der Waals surface area (Å²) in [6.07, 6.45) is 1.77. The number of halogens is 1. The Kier molecular flexibility index (Phi) is 4.44. The second-order valence-electron chi connectivity index (χ2n) is 6.01. The maximum absolute atomic E-state index is 10.1. The van der Waals surface area contributed by atoms with E-state index in [9.17, 15) is 10.2 Å². The van der Waals surface area contributed by atoms with E-state index in [1.165, 1.54) is 6.07 Å². The molecule has 0 amide bonds. The second-order valence-corrected chi connectivity index (χ2v) is 6.45. The maximum Gasteiger partial charge on any atom is 0.128 e. The van der Waals surface area contributed by atoms with E-state index < -0.39 is 0 Å². The molecule has 0 radical (unpaired) electrons. The highest BCUT2D eigenvalue weighted by atomic mass is 35.5. The maximum atomic E-state index is 10.1. The molecule has 124 valence electrons. The highest BCUT2D eigenvalue weighted by Gasteiger charge is 2.15. The molecule has 24 heavy (non-hydrogen) atoms. The molecule has 0 fully saturated rings. The number of hydrogen-bond donors (Lipinski definition) is 2. The summed E-state index contributed by atoms with van der Waals surface area (Å²) in [5, 5.41) is 29.0. The molecule has 0 spiro atoms. The molecule has 0 aliphatic heterocycles. The van der Waals surface area contributed by atoms with Crippen molar-refractivity contribution in [1.82, 2.24) is 15.0 Å². The molecule has 0 saturated heterocycles. The first-order chi connectivity index (χ1) is 11.4. The Morgan fingerprint density at radius 2 is 1.79 bits per heavy atom. The lowest BCUT2D eigenvalue weighted by molar-refractivity contribution is 0.445. The standard InChI is InChI=1S/C18H18ClN3O2/c1-11(2)14-7-15(18(24)8-17(14)23)16-10-22(21-20-16)9-12-3-5-13(19)6-4-12/h3-8,10-11,23-24H,9H2,1-2H3. The highest BCUT2D eigenvalue weighted by molar-refractivity contribution is 6.30. The topological polar surface area (TPSA) is 71.2 Å². The number of aromatic hydroxyl groups is 2. The van der Waals surface area contributed by atoms with Crippen LogP contribution in [0.3, 0.4) is 0 Å². The lowest BCUT2D eigenvalue weighted by Crippen LogP contribution is -1.99. The van der Waals surface area contributed by atoms with E-state index in [-0.39, 0.29) is 17.4 Å². The summed E-state index contributed by atoms with van der Waals surface area (Å²) in [6, 6.07) is 10.6. The van der Waals surface area contributed by atoms with Gasteiger partial charge in [0, 0.05) is 16.7 Å². The van der Waals surface area contributed by atoms with Gasteiger partial charge in [0.1, 0.15) is 17.2 Å². The first-order valence-electron chi connectivity index (χ1n) is 7.65. The van der Waals surface area contributed by atoms with Crippen LogP contribution in [0.4, 0.5) is 0 Å². The summed E-state index contributed by atoms with van der Waals surface area (Å²) in [6.45, 7) is 4.51. The van der Waals surface area contributed by atoms with Crippen LogP contribution in [-0.4, -0.2) is 25.2 Å². The number of hydrogen-bond acceptors (Lipinski definition) is 4. The van der Waals surface area contributed by atoms with Crippen LogP contribution in [-0.2, 0) is 6.54 Å².